The molecule has 1 aromatic heterocycles. The van der Waals surface area contributed by atoms with Gasteiger partial charge < -0.3 is 4.74 Å². The van der Waals surface area contributed by atoms with E-state index in [1.54, 1.807) is 6.92 Å². The molecule has 2 rings (SSSR count). The molecule has 2 aromatic rings. The van der Waals surface area contributed by atoms with Gasteiger partial charge in [0, 0.05) is 12.0 Å². The molecule has 0 unspecified atom stereocenters. The van der Waals surface area contributed by atoms with Crippen LogP contribution >= 0.6 is 0 Å². The molecule has 1 heterocycles. The van der Waals surface area contributed by atoms with Crippen LogP contribution in [0, 0.1) is 0 Å². The minimum absolute atomic E-state index is 0.152. The van der Waals surface area contributed by atoms with Crippen LogP contribution in [0.25, 0.3) is 11.4 Å². The SMILES string of the molecule is CC(=O)CCOCCc1cccc(-c2nn[nH]n2)c1. The zero-order chi connectivity index (χ0) is 13.5. The van der Waals surface area contributed by atoms with Gasteiger partial charge in [-0.2, -0.15) is 5.21 Å². The van der Waals surface area contributed by atoms with E-state index in [2.05, 4.69) is 20.6 Å². The average Bonchev–Trinajstić information content (AvgIpc) is 2.92. The maximum absolute atomic E-state index is 10.8. The van der Waals surface area contributed by atoms with E-state index in [1.165, 1.54) is 0 Å². The number of carbonyl (C=O) groups is 1. The minimum atomic E-state index is 0.152. The smallest absolute Gasteiger partial charge is 0.204 e. The Morgan fingerprint density at radius 2 is 2.26 bits per heavy atom. The molecule has 0 saturated carbocycles. The number of ketones is 1. The Morgan fingerprint density at radius 3 is 3.00 bits per heavy atom. The summed E-state index contributed by atoms with van der Waals surface area (Å²) in [5, 5.41) is 13.9. The van der Waals surface area contributed by atoms with Crippen molar-refractivity contribution in [2.24, 2.45) is 0 Å². The number of ether oxygens (including phenoxy) is 1. The molecule has 1 aromatic carbocycles. The van der Waals surface area contributed by atoms with Gasteiger partial charge in [-0.1, -0.05) is 18.2 Å². The minimum Gasteiger partial charge on any atom is -0.381 e. The first kappa shape index (κ1) is 13.4. The lowest BCUT2D eigenvalue weighted by atomic mass is 10.1. The molecule has 0 aliphatic heterocycles. The predicted octanol–water partition coefficient (Wildman–Crippen LogP) is 1.40. The zero-order valence-corrected chi connectivity index (χ0v) is 10.8. The molecule has 6 heteroatoms. The fourth-order valence-corrected chi connectivity index (χ4v) is 1.66. The Morgan fingerprint density at radius 1 is 1.37 bits per heavy atom. The third-order valence-corrected chi connectivity index (χ3v) is 2.66. The molecule has 0 atom stereocenters. The van der Waals surface area contributed by atoms with Crippen molar-refractivity contribution in [1.29, 1.82) is 0 Å². The molecular formula is C13H16N4O2. The lowest BCUT2D eigenvalue weighted by Gasteiger charge is -2.04. The van der Waals surface area contributed by atoms with Crippen molar-refractivity contribution in [2.75, 3.05) is 13.2 Å². The normalized spacial score (nSPS) is 10.6. The van der Waals surface area contributed by atoms with E-state index in [1.807, 2.05) is 24.3 Å². The number of carbonyl (C=O) groups excluding carboxylic acids is 1. The van der Waals surface area contributed by atoms with Crippen molar-refractivity contribution in [3.63, 3.8) is 0 Å². The summed E-state index contributed by atoms with van der Waals surface area (Å²) in [4.78, 5) is 10.8. The highest BCUT2D eigenvalue weighted by Crippen LogP contribution is 2.15. The average molecular weight is 260 g/mol. The monoisotopic (exact) mass is 260 g/mol. The Balaban J connectivity index is 1.84. The number of nitrogens with zero attached hydrogens (tertiary/aromatic N) is 3. The molecule has 0 aliphatic carbocycles. The summed E-state index contributed by atoms with van der Waals surface area (Å²) in [5.74, 6) is 0.735. The molecule has 0 spiro atoms. The van der Waals surface area contributed by atoms with E-state index >= 15 is 0 Å². The van der Waals surface area contributed by atoms with Crippen LogP contribution in [0.2, 0.25) is 0 Å². The van der Waals surface area contributed by atoms with Gasteiger partial charge >= 0.3 is 0 Å². The van der Waals surface area contributed by atoms with E-state index in [0.717, 1.165) is 17.5 Å². The second-order valence-corrected chi connectivity index (χ2v) is 4.25. The van der Waals surface area contributed by atoms with Crippen LogP contribution in [-0.4, -0.2) is 39.6 Å². The summed E-state index contributed by atoms with van der Waals surface area (Å²) in [6.07, 6.45) is 1.27. The fourth-order valence-electron chi connectivity index (χ4n) is 1.66. The predicted molar refractivity (Wildman–Crippen MR) is 69.4 cm³/mol. The van der Waals surface area contributed by atoms with Gasteiger partial charge in [-0.15, -0.1) is 10.2 Å². The summed E-state index contributed by atoms with van der Waals surface area (Å²) in [7, 11) is 0. The van der Waals surface area contributed by atoms with Crippen molar-refractivity contribution in [3.05, 3.63) is 29.8 Å². The molecule has 0 aliphatic rings. The summed E-state index contributed by atoms with van der Waals surface area (Å²) in [6.45, 7) is 2.65. The molecule has 6 nitrogen and oxygen atoms in total. The Hall–Kier alpha value is -2.08. The van der Waals surface area contributed by atoms with Crippen LogP contribution in [0.15, 0.2) is 24.3 Å². The first-order chi connectivity index (χ1) is 9.25. The quantitative estimate of drug-likeness (QED) is 0.761. The molecule has 0 radical (unpaired) electrons. The van der Waals surface area contributed by atoms with Crippen LogP contribution in [-0.2, 0) is 16.0 Å². The van der Waals surface area contributed by atoms with Crippen molar-refractivity contribution in [1.82, 2.24) is 20.6 Å². The van der Waals surface area contributed by atoms with Crippen LogP contribution in [0.3, 0.4) is 0 Å². The largest absolute Gasteiger partial charge is 0.381 e. The maximum atomic E-state index is 10.8. The van der Waals surface area contributed by atoms with E-state index in [9.17, 15) is 4.79 Å². The van der Waals surface area contributed by atoms with Crippen LogP contribution < -0.4 is 0 Å². The summed E-state index contributed by atoms with van der Waals surface area (Å²) in [6, 6.07) is 7.93. The highest BCUT2D eigenvalue weighted by atomic mass is 16.5. The van der Waals surface area contributed by atoms with Gasteiger partial charge in [0.05, 0.1) is 13.2 Å². The Bertz CT molecular complexity index is 525. The van der Waals surface area contributed by atoms with Crippen LogP contribution in [0.4, 0.5) is 0 Å². The van der Waals surface area contributed by atoms with Crippen LogP contribution in [0.5, 0.6) is 0 Å². The number of tetrazole rings is 1. The summed E-state index contributed by atoms with van der Waals surface area (Å²) >= 11 is 0. The second kappa shape index (κ2) is 6.75. The second-order valence-electron chi connectivity index (χ2n) is 4.25. The number of nitrogens with one attached hydrogen (secondary N) is 1. The number of H-pyrrole nitrogens is 1. The van der Waals surface area contributed by atoms with E-state index in [4.69, 9.17) is 4.74 Å². The lowest BCUT2D eigenvalue weighted by Crippen LogP contribution is -2.03. The van der Waals surface area contributed by atoms with Gasteiger partial charge in [0.1, 0.15) is 5.78 Å². The Labute approximate surface area is 111 Å². The van der Waals surface area contributed by atoms with Gasteiger partial charge in [0.15, 0.2) is 0 Å². The topological polar surface area (TPSA) is 80.8 Å². The molecule has 19 heavy (non-hydrogen) atoms. The molecule has 0 amide bonds. The number of hydrogen-bond acceptors (Lipinski definition) is 5. The van der Waals surface area contributed by atoms with Gasteiger partial charge in [0.25, 0.3) is 0 Å². The standard InChI is InChI=1S/C13H16N4O2/c1-10(18)5-7-19-8-6-11-3-2-4-12(9-11)13-14-16-17-15-13/h2-4,9H,5-8H2,1H3,(H,14,15,16,17). The van der Waals surface area contributed by atoms with Gasteiger partial charge in [-0.05, 0) is 30.2 Å². The highest BCUT2D eigenvalue weighted by Gasteiger charge is 2.03. The molecule has 0 fully saturated rings. The maximum Gasteiger partial charge on any atom is 0.204 e. The zero-order valence-electron chi connectivity index (χ0n) is 10.8. The summed E-state index contributed by atoms with van der Waals surface area (Å²) < 4.78 is 5.41. The molecular weight excluding hydrogens is 244 g/mol. The number of rotatable bonds is 7. The van der Waals surface area contributed by atoms with E-state index in [-0.39, 0.29) is 5.78 Å². The van der Waals surface area contributed by atoms with Gasteiger partial charge in [0.2, 0.25) is 5.82 Å². The van der Waals surface area contributed by atoms with Crippen molar-refractivity contribution in [2.45, 2.75) is 19.8 Å². The van der Waals surface area contributed by atoms with E-state index < -0.39 is 0 Å². The molecule has 100 valence electrons. The number of Topliss-reactive ketones (excluding diaryl/α,β-unsaturated/α-hetero) is 1. The Kier molecular flexibility index (Phi) is 4.74. The third kappa shape index (κ3) is 4.26. The number of aromatic amines is 1. The molecule has 0 saturated heterocycles. The van der Waals surface area contributed by atoms with Crippen molar-refractivity contribution < 1.29 is 9.53 Å². The third-order valence-electron chi connectivity index (χ3n) is 2.66. The fraction of sp³-hybridized carbons (Fsp3) is 0.385. The first-order valence-corrected chi connectivity index (χ1v) is 6.15. The number of aromatic nitrogens is 4. The van der Waals surface area contributed by atoms with Crippen LogP contribution in [0.1, 0.15) is 18.9 Å². The van der Waals surface area contributed by atoms with E-state index in [0.29, 0.717) is 25.5 Å². The first-order valence-electron chi connectivity index (χ1n) is 6.15. The number of benzene rings is 1. The van der Waals surface area contributed by atoms with Crippen molar-refractivity contribution in [3.8, 4) is 11.4 Å². The number of hydrogen-bond donors (Lipinski definition) is 1. The molecule has 0 bridgehead atoms. The summed E-state index contributed by atoms with van der Waals surface area (Å²) in [5.41, 5.74) is 2.07. The van der Waals surface area contributed by atoms with Gasteiger partial charge in [-0.25, -0.2) is 0 Å². The van der Waals surface area contributed by atoms with Gasteiger partial charge in [-0.3, -0.25) is 4.79 Å². The highest BCUT2D eigenvalue weighted by molar-refractivity contribution is 5.75. The van der Waals surface area contributed by atoms with Crippen molar-refractivity contribution >= 4 is 5.78 Å². The molecule has 1 N–H and O–H groups in total. The lowest BCUT2D eigenvalue weighted by molar-refractivity contribution is -0.118.